The van der Waals surface area contributed by atoms with Gasteiger partial charge in [-0.15, -0.1) is 5.06 Å². The normalized spacial score (nSPS) is 20.6. The van der Waals surface area contributed by atoms with Gasteiger partial charge < -0.3 is 23.6 Å². The minimum absolute atomic E-state index is 0.00229. The number of rotatable bonds is 15. The SMILES string of the molecule is CC[N+]1=C(C=CC=C2N(CCCCCC(=O)ON3C(=O)CCC3=O)c3ccc(S(=O)(=O)[O-])cc3C2(C)CCOC)C(C)(C)c2cc(S(=O)(=O)[O-])ccc21. The highest BCUT2D eigenvalue weighted by Crippen LogP contribution is 2.51. The van der Waals surface area contributed by atoms with Gasteiger partial charge in [-0.05, 0) is 88.9 Å². The first kappa shape index (κ1) is 40.0. The maximum atomic E-state index is 12.3. The van der Waals surface area contributed by atoms with E-state index in [1.807, 2.05) is 45.9 Å². The molecule has 14 nitrogen and oxygen atoms in total. The zero-order valence-electron chi connectivity index (χ0n) is 30.4. The van der Waals surface area contributed by atoms with E-state index in [1.165, 1.54) is 24.3 Å². The molecule has 2 aromatic carbocycles. The minimum Gasteiger partial charge on any atom is -0.744 e. The van der Waals surface area contributed by atoms with Crippen molar-refractivity contribution in [3.05, 3.63) is 71.5 Å². The molecule has 0 saturated carbocycles. The highest BCUT2D eigenvalue weighted by atomic mass is 32.2. The summed E-state index contributed by atoms with van der Waals surface area (Å²) in [5, 5.41) is 0.531. The summed E-state index contributed by atoms with van der Waals surface area (Å²) in [6.07, 6.45) is 7.87. The molecule has 1 atom stereocenters. The molecule has 2 aromatic rings. The Balaban J connectivity index is 1.45. The van der Waals surface area contributed by atoms with Crippen molar-refractivity contribution in [3.8, 4) is 0 Å². The number of ether oxygens (including phenoxy) is 1. The molecule has 0 aromatic heterocycles. The highest BCUT2D eigenvalue weighted by molar-refractivity contribution is 7.86. The fourth-order valence-electron chi connectivity index (χ4n) is 7.40. The number of benzene rings is 2. The first-order valence-electron chi connectivity index (χ1n) is 17.4. The molecule has 53 heavy (non-hydrogen) atoms. The predicted octanol–water partition coefficient (Wildman–Crippen LogP) is 4.31. The van der Waals surface area contributed by atoms with Gasteiger partial charge in [0.15, 0.2) is 5.71 Å². The molecule has 0 N–H and O–H groups in total. The van der Waals surface area contributed by atoms with E-state index < -0.39 is 48.8 Å². The lowest BCUT2D eigenvalue weighted by molar-refractivity contribution is -0.433. The minimum atomic E-state index is -4.76. The first-order valence-corrected chi connectivity index (χ1v) is 20.2. The van der Waals surface area contributed by atoms with Crippen LogP contribution in [0, 0.1) is 0 Å². The van der Waals surface area contributed by atoms with Crippen molar-refractivity contribution < 1.29 is 54.5 Å². The lowest BCUT2D eigenvalue weighted by atomic mass is 9.78. The van der Waals surface area contributed by atoms with Gasteiger partial charge in [0.05, 0.1) is 15.2 Å². The predicted molar refractivity (Wildman–Crippen MR) is 191 cm³/mol. The van der Waals surface area contributed by atoms with Crippen LogP contribution in [0.5, 0.6) is 0 Å². The number of fused-ring (bicyclic) bond motifs is 2. The van der Waals surface area contributed by atoms with E-state index in [0.29, 0.717) is 61.6 Å². The fourth-order valence-corrected chi connectivity index (χ4v) is 8.39. The van der Waals surface area contributed by atoms with Crippen molar-refractivity contribution in [2.45, 2.75) is 93.3 Å². The van der Waals surface area contributed by atoms with Crippen LogP contribution in [-0.2, 0) is 55.0 Å². The van der Waals surface area contributed by atoms with Crippen molar-refractivity contribution in [1.29, 1.82) is 0 Å². The molecule has 3 aliphatic rings. The number of allylic oxidation sites excluding steroid dienone is 4. The number of hydrogen-bond donors (Lipinski definition) is 0. The standard InChI is InChI=1S/C37H45N3O11S2/c1-6-38-29-16-14-25(52(44,45)46)23-27(29)36(2,3)31(38)11-10-12-32-37(4,20-22-50-5)28-24-26(53(47,48)49)15-17-30(28)39(32)21-9-7-8-13-35(43)51-40-33(41)18-19-34(40)42/h10-12,14-17,23-24H,6-9,13,18-22H2,1-5H3,(H-,44,45,46,47,48,49)/p-1. The number of methoxy groups -OCH3 is 1. The van der Waals surface area contributed by atoms with Crippen LogP contribution in [0.2, 0.25) is 0 Å². The molecule has 0 radical (unpaired) electrons. The molecule has 1 saturated heterocycles. The molecular formula is C37H44N3O11S2-. The highest BCUT2D eigenvalue weighted by Gasteiger charge is 2.45. The lowest BCUT2D eigenvalue weighted by Crippen LogP contribution is -2.32. The van der Waals surface area contributed by atoms with Crippen LogP contribution in [0.3, 0.4) is 0 Å². The number of hydroxylamine groups is 2. The van der Waals surface area contributed by atoms with Crippen molar-refractivity contribution in [2.24, 2.45) is 0 Å². The molecule has 5 rings (SSSR count). The molecule has 286 valence electrons. The second-order valence-corrected chi connectivity index (χ2v) is 16.8. The monoisotopic (exact) mass is 770 g/mol. The second kappa shape index (κ2) is 15.3. The summed E-state index contributed by atoms with van der Waals surface area (Å²) >= 11 is 0. The third-order valence-electron chi connectivity index (χ3n) is 10.2. The summed E-state index contributed by atoms with van der Waals surface area (Å²) in [7, 11) is -7.85. The molecule has 1 fully saturated rings. The second-order valence-electron chi connectivity index (χ2n) is 14.0. The Morgan fingerprint density at radius 1 is 0.925 bits per heavy atom. The van der Waals surface area contributed by atoms with Crippen LogP contribution < -0.4 is 4.90 Å². The molecule has 3 heterocycles. The molecular weight excluding hydrogens is 727 g/mol. The Hall–Kier alpha value is -4.22. The largest absolute Gasteiger partial charge is 0.744 e. The number of anilines is 1. The maximum absolute atomic E-state index is 12.3. The Morgan fingerprint density at radius 2 is 1.55 bits per heavy atom. The van der Waals surface area contributed by atoms with Gasteiger partial charge in [0, 0.05) is 74.0 Å². The number of carbonyl (C=O) groups excluding carboxylic acids is 3. The van der Waals surface area contributed by atoms with Crippen molar-refractivity contribution in [3.63, 3.8) is 0 Å². The summed E-state index contributed by atoms with van der Waals surface area (Å²) < 4.78 is 79.4. The number of amides is 2. The Kier molecular flexibility index (Phi) is 11.5. The molecule has 3 aliphatic heterocycles. The summed E-state index contributed by atoms with van der Waals surface area (Å²) in [6.45, 7) is 9.22. The van der Waals surface area contributed by atoms with Crippen LogP contribution >= 0.6 is 0 Å². The van der Waals surface area contributed by atoms with Gasteiger partial charge in [-0.25, -0.2) is 21.6 Å². The van der Waals surface area contributed by atoms with E-state index in [-0.39, 0.29) is 29.1 Å². The van der Waals surface area contributed by atoms with E-state index in [2.05, 4.69) is 9.48 Å². The zero-order chi connectivity index (χ0) is 38.9. The fraction of sp³-hybridized carbons (Fsp3) is 0.459. The third-order valence-corrected chi connectivity index (χ3v) is 11.9. The number of unbranched alkanes of at least 4 members (excludes halogenated alkanes) is 2. The molecule has 0 spiro atoms. The van der Waals surface area contributed by atoms with Crippen LogP contribution in [0.25, 0.3) is 0 Å². The van der Waals surface area contributed by atoms with E-state index in [9.17, 15) is 40.3 Å². The number of hydrogen-bond acceptors (Lipinski definition) is 12. The molecule has 2 amide bonds. The van der Waals surface area contributed by atoms with Gasteiger partial charge in [-0.2, -0.15) is 4.58 Å². The van der Waals surface area contributed by atoms with Gasteiger partial charge in [0.25, 0.3) is 11.8 Å². The Labute approximate surface area is 310 Å². The van der Waals surface area contributed by atoms with Crippen LogP contribution in [0.15, 0.2) is 70.1 Å². The average Bonchev–Trinajstić information content (AvgIpc) is 3.61. The Morgan fingerprint density at radius 3 is 2.15 bits per heavy atom. The van der Waals surface area contributed by atoms with Gasteiger partial charge >= 0.3 is 5.97 Å². The number of carbonyl (C=O) groups is 3. The lowest BCUT2D eigenvalue weighted by Gasteiger charge is -2.30. The van der Waals surface area contributed by atoms with E-state index in [0.717, 1.165) is 22.8 Å². The summed E-state index contributed by atoms with van der Waals surface area (Å²) in [5.41, 5.74) is 3.13. The first-order chi connectivity index (χ1) is 24.8. The quantitative estimate of drug-likeness (QED) is 0.108. The number of imide groups is 1. The summed E-state index contributed by atoms with van der Waals surface area (Å²) in [6, 6.07) is 8.75. The van der Waals surface area contributed by atoms with Crippen molar-refractivity contribution >= 4 is 55.1 Å². The van der Waals surface area contributed by atoms with Gasteiger partial charge in [-0.1, -0.05) is 12.5 Å². The van der Waals surface area contributed by atoms with Crippen LogP contribution in [-0.4, -0.2) is 85.9 Å². The average molecular weight is 771 g/mol. The molecule has 0 aliphatic carbocycles. The van der Waals surface area contributed by atoms with E-state index in [4.69, 9.17) is 9.57 Å². The van der Waals surface area contributed by atoms with Gasteiger partial charge in [-0.3, -0.25) is 9.59 Å². The Bertz CT molecular complexity index is 2120. The van der Waals surface area contributed by atoms with Crippen molar-refractivity contribution in [2.75, 3.05) is 31.7 Å². The van der Waals surface area contributed by atoms with E-state index >= 15 is 0 Å². The molecule has 16 heteroatoms. The van der Waals surface area contributed by atoms with Crippen LogP contribution in [0.4, 0.5) is 11.4 Å². The zero-order valence-corrected chi connectivity index (χ0v) is 32.0. The molecule has 0 bridgehead atoms. The third kappa shape index (κ3) is 8.01. The van der Waals surface area contributed by atoms with E-state index in [1.54, 1.807) is 19.2 Å². The van der Waals surface area contributed by atoms with Gasteiger partial charge in [0.2, 0.25) is 5.69 Å². The summed E-state index contributed by atoms with van der Waals surface area (Å²) in [5.74, 6) is -1.76. The molecule has 1 unspecified atom stereocenters. The summed E-state index contributed by atoms with van der Waals surface area (Å²) in [4.78, 5) is 42.3. The number of nitrogens with zero attached hydrogens (tertiary/aromatic N) is 3. The maximum Gasteiger partial charge on any atom is 0.333 e. The van der Waals surface area contributed by atoms with Crippen molar-refractivity contribution in [1.82, 2.24) is 5.06 Å². The van der Waals surface area contributed by atoms with Crippen LogP contribution in [0.1, 0.15) is 83.8 Å². The van der Waals surface area contributed by atoms with Gasteiger partial charge in [0.1, 0.15) is 26.8 Å². The smallest absolute Gasteiger partial charge is 0.333 e. The topological polar surface area (TPSA) is 194 Å².